The number of rotatable bonds is 5. The Morgan fingerprint density at radius 2 is 1.62 bits per heavy atom. The van der Waals surface area contributed by atoms with Gasteiger partial charge in [-0.05, 0) is 29.8 Å². The molecule has 0 atom stereocenters. The van der Waals surface area contributed by atoms with Crippen LogP contribution in [0.15, 0.2) is 59.5 Å². The molecule has 6 heteroatoms. The lowest BCUT2D eigenvalue weighted by Crippen LogP contribution is -2.23. The minimum absolute atomic E-state index is 0.131. The fourth-order valence-corrected chi connectivity index (χ4v) is 2.81. The molecule has 1 amide bonds. The van der Waals surface area contributed by atoms with Gasteiger partial charge >= 0.3 is 0 Å². The van der Waals surface area contributed by atoms with Gasteiger partial charge in [0.05, 0.1) is 4.90 Å². The summed E-state index contributed by atoms with van der Waals surface area (Å²) in [4.78, 5) is 11.5. The number of benzene rings is 2. The van der Waals surface area contributed by atoms with E-state index in [1.807, 2.05) is 30.3 Å². The number of hydrogen-bond donors (Lipinski definition) is 2. The summed E-state index contributed by atoms with van der Waals surface area (Å²) in [5, 5.41) is 2.48. The third kappa shape index (κ3) is 3.90. The first-order valence-corrected chi connectivity index (χ1v) is 7.87. The Kier molecular flexibility index (Phi) is 4.72. The molecule has 2 aromatic carbocycles. The monoisotopic (exact) mass is 304 g/mol. The van der Waals surface area contributed by atoms with Crippen LogP contribution in [-0.4, -0.2) is 21.4 Å². The van der Waals surface area contributed by atoms with Crippen LogP contribution in [-0.2, 0) is 16.6 Å². The van der Waals surface area contributed by atoms with Gasteiger partial charge in [-0.3, -0.25) is 4.79 Å². The Labute approximate surface area is 124 Å². The second-order valence-electron chi connectivity index (χ2n) is 4.41. The summed E-state index contributed by atoms with van der Waals surface area (Å²) in [5.41, 5.74) is 1.29. The molecule has 0 spiro atoms. The van der Waals surface area contributed by atoms with Crippen molar-refractivity contribution in [1.82, 2.24) is 10.0 Å². The van der Waals surface area contributed by atoms with Crippen molar-refractivity contribution in [2.45, 2.75) is 11.4 Å². The zero-order valence-corrected chi connectivity index (χ0v) is 12.4. The molecule has 0 aliphatic heterocycles. The van der Waals surface area contributed by atoms with Crippen LogP contribution in [0.5, 0.6) is 0 Å². The third-order valence-electron chi connectivity index (χ3n) is 2.96. The highest BCUT2D eigenvalue weighted by molar-refractivity contribution is 7.89. The molecule has 21 heavy (non-hydrogen) atoms. The van der Waals surface area contributed by atoms with Crippen molar-refractivity contribution in [3.63, 3.8) is 0 Å². The smallest absolute Gasteiger partial charge is 0.251 e. The Bertz CT molecular complexity index is 710. The average Bonchev–Trinajstić information content (AvgIpc) is 2.53. The van der Waals surface area contributed by atoms with Crippen LogP contribution in [0, 0.1) is 0 Å². The Morgan fingerprint density at radius 1 is 1.00 bits per heavy atom. The molecular weight excluding hydrogens is 288 g/mol. The van der Waals surface area contributed by atoms with E-state index in [4.69, 9.17) is 0 Å². The Morgan fingerprint density at radius 3 is 2.19 bits per heavy atom. The zero-order chi connectivity index (χ0) is 15.3. The first kappa shape index (κ1) is 15.2. The molecule has 5 nitrogen and oxygen atoms in total. The predicted octanol–water partition coefficient (Wildman–Crippen LogP) is 1.52. The fraction of sp³-hybridized carbons (Fsp3) is 0.133. The largest absolute Gasteiger partial charge is 0.355 e. The van der Waals surface area contributed by atoms with E-state index >= 15 is 0 Å². The van der Waals surface area contributed by atoms with Crippen molar-refractivity contribution in [1.29, 1.82) is 0 Å². The molecule has 0 aliphatic carbocycles. The minimum Gasteiger partial charge on any atom is -0.355 e. The first-order chi connectivity index (χ1) is 10.0. The second-order valence-corrected chi connectivity index (χ2v) is 6.18. The second kappa shape index (κ2) is 6.51. The molecule has 0 saturated heterocycles. The summed E-state index contributed by atoms with van der Waals surface area (Å²) in [6.07, 6.45) is 0. The Balaban J connectivity index is 2.10. The highest BCUT2D eigenvalue weighted by Crippen LogP contribution is 2.11. The average molecular weight is 304 g/mol. The van der Waals surface area contributed by atoms with Gasteiger partial charge in [-0.1, -0.05) is 30.3 Å². The molecular formula is C15H16N2O3S. The highest BCUT2D eigenvalue weighted by atomic mass is 32.2. The highest BCUT2D eigenvalue weighted by Gasteiger charge is 2.14. The number of hydrogen-bond acceptors (Lipinski definition) is 3. The molecule has 0 radical (unpaired) electrons. The number of nitrogens with one attached hydrogen (secondary N) is 2. The van der Waals surface area contributed by atoms with Crippen LogP contribution in [0.1, 0.15) is 15.9 Å². The molecule has 0 unspecified atom stereocenters. The molecule has 0 bridgehead atoms. The van der Waals surface area contributed by atoms with Crippen molar-refractivity contribution in [2.75, 3.05) is 7.05 Å². The molecule has 2 aromatic rings. The van der Waals surface area contributed by atoms with E-state index in [-0.39, 0.29) is 17.3 Å². The van der Waals surface area contributed by atoms with Gasteiger partial charge in [0.15, 0.2) is 0 Å². The van der Waals surface area contributed by atoms with Crippen LogP contribution in [0.25, 0.3) is 0 Å². The summed E-state index contributed by atoms with van der Waals surface area (Å²) < 4.78 is 26.8. The molecule has 0 aliphatic rings. The Hall–Kier alpha value is -2.18. The third-order valence-corrected chi connectivity index (χ3v) is 4.38. The lowest BCUT2D eigenvalue weighted by Gasteiger charge is -2.07. The van der Waals surface area contributed by atoms with Gasteiger partial charge in [-0.15, -0.1) is 0 Å². The standard InChI is InChI=1S/C15H16N2O3S/c1-16-15(18)13-7-9-14(10-8-13)21(19,20)17-11-12-5-3-2-4-6-12/h2-10,17H,11H2,1H3,(H,16,18). The first-order valence-electron chi connectivity index (χ1n) is 6.38. The van der Waals surface area contributed by atoms with Crippen molar-refractivity contribution < 1.29 is 13.2 Å². The number of carbonyl (C=O) groups excluding carboxylic acids is 1. The van der Waals surface area contributed by atoms with Gasteiger partial charge in [0.25, 0.3) is 5.91 Å². The SMILES string of the molecule is CNC(=O)c1ccc(S(=O)(=O)NCc2ccccc2)cc1. The van der Waals surface area contributed by atoms with Crippen molar-refractivity contribution in [3.05, 3.63) is 65.7 Å². The van der Waals surface area contributed by atoms with Gasteiger partial charge in [0, 0.05) is 19.2 Å². The summed E-state index contributed by atoms with van der Waals surface area (Å²) in [6, 6.07) is 15.1. The lowest BCUT2D eigenvalue weighted by molar-refractivity contribution is 0.0963. The molecule has 0 saturated carbocycles. The van der Waals surface area contributed by atoms with Gasteiger partial charge < -0.3 is 5.32 Å². The van der Waals surface area contributed by atoms with E-state index in [1.165, 1.54) is 31.3 Å². The van der Waals surface area contributed by atoms with E-state index in [9.17, 15) is 13.2 Å². The van der Waals surface area contributed by atoms with Gasteiger partial charge in [-0.2, -0.15) is 0 Å². The van der Waals surface area contributed by atoms with Crippen molar-refractivity contribution in [2.24, 2.45) is 0 Å². The topological polar surface area (TPSA) is 75.3 Å². The summed E-state index contributed by atoms with van der Waals surface area (Å²) in [5.74, 6) is -0.254. The van der Waals surface area contributed by atoms with Gasteiger partial charge in [-0.25, -0.2) is 13.1 Å². The quantitative estimate of drug-likeness (QED) is 0.879. The van der Waals surface area contributed by atoms with Crippen LogP contribution >= 0.6 is 0 Å². The van der Waals surface area contributed by atoms with E-state index in [2.05, 4.69) is 10.0 Å². The molecule has 0 aromatic heterocycles. The maximum Gasteiger partial charge on any atom is 0.251 e. The van der Waals surface area contributed by atoms with Crippen molar-refractivity contribution in [3.8, 4) is 0 Å². The molecule has 110 valence electrons. The molecule has 2 N–H and O–H groups in total. The van der Waals surface area contributed by atoms with Crippen LogP contribution in [0.2, 0.25) is 0 Å². The minimum atomic E-state index is -3.59. The summed E-state index contributed by atoms with van der Waals surface area (Å²) in [7, 11) is -2.07. The number of amides is 1. The molecule has 0 fully saturated rings. The lowest BCUT2D eigenvalue weighted by atomic mass is 10.2. The van der Waals surface area contributed by atoms with Gasteiger partial charge in [0.2, 0.25) is 10.0 Å². The van der Waals surface area contributed by atoms with Crippen LogP contribution < -0.4 is 10.0 Å². The van der Waals surface area contributed by atoms with Crippen LogP contribution in [0.3, 0.4) is 0 Å². The maximum atomic E-state index is 12.1. The molecule has 2 rings (SSSR count). The van der Waals surface area contributed by atoms with Crippen molar-refractivity contribution >= 4 is 15.9 Å². The van der Waals surface area contributed by atoms with E-state index in [1.54, 1.807) is 0 Å². The zero-order valence-electron chi connectivity index (χ0n) is 11.5. The number of sulfonamides is 1. The maximum absolute atomic E-state index is 12.1. The summed E-state index contributed by atoms with van der Waals surface area (Å²) >= 11 is 0. The number of carbonyl (C=O) groups is 1. The predicted molar refractivity (Wildman–Crippen MR) is 80.3 cm³/mol. The van der Waals surface area contributed by atoms with E-state index < -0.39 is 10.0 Å². The fourth-order valence-electron chi connectivity index (χ4n) is 1.79. The molecule has 0 heterocycles. The van der Waals surface area contributed by atoms with Gasteiger partial charge in [0.1, 0.15) is 0 Å². The van der Waals surface area contributed by atoms with E-state index in [0.717, 1.165) is 5.56 Å². The van der Waals surface area contributed by atoms with E-state index in [0.29, 0.717) is 5.56 Å². The summed E-state index contributed by atoms with van der Waals surface area (Å²) in [6.45, 7) is 0.223. The normalized spacial score (nSPS) is 11.1. The van der Waals surface area contributed by atoms with Crippen LogP contribution in [0.4, 0.5) is 0 Å².